The van der Waals surface area contributed by atoms with Crippen LogP contribution in [-0.2, 0) is 9.59 Å². The molecule has 0 unspecified atom stereocenters. The molecule has 2 amide bonds. The second kappa shape index (κ2) is 10.8. The number of carbonyl (C=O) groups excluding carboxylic acids is 3. The van der Waals surface area contributed by atoms with Crippen molar-refractivity contribution in [2.24, 2.45) is 0 Å². The zero-order valence-electron chi connectivity index (χ0n) is 17.9. The fraction of sp³-hybridized carbons (Fsp3) is 0.227. The third kappa shape index (κ3) is 5.97. The smallest absolute Gasteiger partial charge is 0.268 e. The number of methoxy groups -OCH3 is 3. The quantitative estimate of drug-likeness (QED) is 0.549. The molecule has 2 aromatic rings. The summed E-state index contributed by atoms with van der Waals surface area (Å²) in [5.41, 5.74) is 0.191. The van der Waals surface area contributed by atoms with Gasteiger partial charge in [0.15, 0.2) is 11.5 Å². The van der Waals surface area contributed by atoms with Crippen LogP contribution in [0.1, 0.15) is 22.8 Å². The molecule has 0 heterocycles. The molecule has 0 spiro atoms. The van der Waals surface area contributed by atoms with Crippen molar-refractivity contribution in [1.29, 1.82) is 0 Å². The van der Waals surface area contributed by atoms with Crippen LogP contribution < -0.4 is 30.0 Å². The van der Waals surface area contributed by atoms with Gasteiger partial charge in [0, 0.05) is 5.56 Å². The molecule has 0 saturated heterocycles. The molecule has 10 heteroatoms. The number of rotatable bonds is 9. The number of benzene rings is 2. The Labute approximate surface area is 183 Å². The Bertz CT molecular complexity index is 1010. The second-order valence-electron chi connectivity index (χ2n) is 6.49. The summed E-state index contributed by atoms with van der Waals surface area (Å²) in [6.45, 7) is 1.21. The van der Waals surface area contributed by atoms with Crippen molar-refractivity contribution in [2.45, 2.75) is 13.0 Å². The molecule has 2 N–H and O–H groups in total. The highest BCUT2D eigenvalue weighted by Crippen LogP contribution is 2.38. The van der Waals surface area contributed by atoms with E-state index in [2.05, 4.69) is 10.6 Å². The SMILES string of the molecule is COc1cc(C(=O)N/C(=C\c2ccc(F)cc2)C(=O)N[C@H](C)C(=O)[O-])cc(OC)c1OC. The Morgan fingerprint density at radius 1 is 1.00 bits per heavy atom. The average molecular weight is 445 g/mol. The molecule has 0 aromatic heterocycles. The van der Waals surface area contributed by atoms with Gasteiger partial charge in [-0.2, -0.15) is 0 Å². The number of aliphatic carboxylic acids is 1. The molecule has 2 rings (SSSR count). The first-order valence-electron chi connectivity index (χ1n) is 9.30. The van der Waals surface area contributed by atoms with Crippen LogP contribution in [0.15, 0.2) is 42.1 Å². The van der Waals surface area contributed by atoms with Gasteiger partial charge in [-0.3, -0.25) is 9.59 Å². The Kier molecular flexibility index (Phi) is 8.17. The van der Waals surface area contributed by atoms with E-state index in [0.717, 1.165) is 0 Å². The molecule has 2 aromatic carbocycles. The van der Waals surface area contributed by atoms with Gasteiger partial charge in [-0.1, -0.05) is 12.1 Å². The molecule has 0 saturated carbocycles. The lowest BCUT2D eigenvalue weighted by Gasteiger charge is -2.17. The van der Waals surface area contributed by atoms with E-state index in [4.69, 9.17) is 14.2 Å². The molecule has 0 bridgehead atoms. The van der Waals surface area contributed by atoms with Crippen molar-refractivity contribution >= 4 is 23.9 Å². The lowest BCUT2D eigenvalue weighted by molar-refractivity contribution is -0.307. The zero-order valence-corrected chi connectivity index (χ0v) is 17.9. The maximum atomic E-state index is 13.2. The van der Waals surface area contributed by atoms with Crippen LogP contribution >= 0.6 is 0 Å². The monoisotopic (exact) mass is 445 g/mol. The van der Waals surface area contributed by atoms with Crippen molar-refractivity contribution in [3.63, 3.8) is 0 Å². The van der Waals surface area contributed by atoms with Gasteiger partial charge >= 0.3 is 0 Å². The van der Waals surface area contributed by atoms with Crippen LogP contribution in [-0.4, -0.2) is 45.2 Å². The normalized spacial score (nSPS) is 11.8. The molecule has 1 atom stereocenters. The fourth-order valence-electron chi connectivity index (χ4n) is 2.62. The third-order valence-corrected chi connectivity index (χ3v) is 4.30. The largest absolute Gasteiger partial charge is 0.548 e. The number of carboxylic acids is 1. The summed E-state index contributed by atoms with van der Waals surface area (Å²) in [5, 5.41) is 15.6. The molecule has 170 valence electrons. The number of nitrogens with one attached hydrogen (secondary N) is 2. The van der Waals surface area contributed by atoms with Crippen molar-refractivity contribution in [1.82, 2.24) is 10.6 Å². The highest BCUT2D eigenvalue weighted by molar-refractivity contribution is 6.06. The van der Waals surface area contributed by atoms with Gasteiger partial charge in [-0.15, -0.1) is 0 Å². The Morgan fingerprint density at radius 2 is 1.56 bits per heavy atom. The summed E-state index contributed by atoms with van der Waals surface area (Å²) in [4.78, 5) is 36.5. The van der Waals surface area contributed by atoms with Gasteiger partial charge in [0.25, 0.3) is 11.8 Å². The highest BCUT2D eigenvalue weighted by atomic mass is 19.1. The van der Waals surface area contributed by atoms with Crippen LogP contribution in [0.5, 0.6) is 17.2 Å². The summed E-state index contributed by atoms with van der Waals surface area (Å²) in [7, 11) is 4.17. The van der Waals surface area contributed by atoms with Crippen LogP contribution in [0.3, 0.4) is 0 Å². The summed E-state index contributed by atoms with van der Waals surface area (Å²) in [5.74, 6) is -2.88. The van der Waals surface area contributed by atoms with Crippen molar-refractivity contribution in [3.05, 3.63) is 59.0 Å². The fourth-order valence-corrected chi connectivity index (χ4v) is 2.62. The topological polar surface area (TPSA) is 126 Å². The Hall–Kier alpha value is -4.08. The molecule has 32 heavy (non-hydrogen) atoms. The minimum Gasteiger partial charge on any atom is -0.548 e. The van der Waals surface area contributed by atoms with Crippen molar-refractivity contribution < 1.29 is 38.1 Å². The maximum Gasteiger partial charge on any atom is 0.268 e. The van der Waals surface area contributed by atoms with Crippen molar-refractivity contribution in [3.8, 4) is 17.2 Å². The second-order valence-corrected chi connectivity index (χ2v) is 6.49. The predicted octanol–water partition coefficient (Wildman–Crippen LogP) is 0.877. The first kappa shape index (κ1) is 24.2. The van der Waals surface area contributed by atoms with Gasteiger partial charge in [0.1, 0.15) is 11.5 Å². The molecule has 9 nitrogen and oxygen atoms in total. The van der Waals surface area contributed by atoms with E-state index in [0.29, 0.717) is 5.56 Å². The number of amides is 2. The number of halogens is 1. The minimum absolute atomic E-state index is 0.0743. The summed E-state index contributed by atoms with van der Waals surface area (Å²) in [6, 6.07) is 6.56. The van der Waals surface area contributed by atoms with Gasteiger partial charge in [0.05, 0.1) is 33.3 Å². The summed E-state index contributed by atoms with van der Waals surface area (Å²) >= 11 is 0. The van der Waals surface area contributed by atoms with Gasteiger partial charge in [-0.05, 0) is 42.8 Å². The number of hydrogen-bond acceptors (Lipinski definition) is 7. The van der Waals surface area contributed by atoms with E-state index in [1.54, 1.807) is 0 Å². The molecular weight excluding hydrogens is 423 g/mol. The molecule has 0 aliphatic rings. The number of carboxylic acid groups (broad SMARTS) is 1. The lowest BCUT2D eigenvalue weighted by atomic mass is 10.1. The number of hydrogen-bond donors (Lipinski definition) is 2. The average Bonchev–Trinajstić information content (AvgIpc) is 2.78. The Morgan fingerprint density at radius 3 is 2.03 bits per heavy atom. The van der Waals surface area contributed by atoms with Crippen molar-refractivity contribution in [2.75, 3.05) is 21.3 Å². The molecular formula is C22H22FN2O7-. The van der Waals surface area contributed by atoms with E-state index >= 15 is 0 Å². The van der Waals surface area contributed by atoms with Gasteiger partial charge < -0.3 is 34.7 Å². The number of carbonyl (C=O) groups is 3. The highest BCUT2D eigenvalue weighted by Gasteiger charge is 2.20. The van der Waals surface area contributed by atoms with E-state index in [9.17, 15) is 23.9 Å². The zero-order chi connectivity index (χ0) is 23.8. The maximum absolute atomic E-state index is 13.2. The van der Waals surface area contributed by atoms with E-state index in [-0.39, 0.29) is 28.5 Å². The van der Waals surface area contributed by atoms with Crippen LogP contribution in [0.4, 0.5) is 4.39 Å². The molecule has 0 aliphatic carbocycles. The Balaban J connectivity index is 2.42. The van der Waals surface area contributed by atoms with Crippen LogP contribution in [0.25, 0.3) is 6.08 Å². The minimum atomic E-state index is -1.50. The first-order chi connectivity index (χ1) is 15.2. The third-order valence-electron chi connectivity index (χ3n) is 4.30. The standard InChI is InChI=1S/C22H23FN2O7/c1-12(22(28)29)24-21(27)16(9-13-5-7-15(23)8-6-13)25-20(26)14-10-17(30-2)19(32-4)18(11-14)31-3/h5-12H,1-4H3,(H,24,27)(H,25,26)(H,28,29)/p-1/b16-9-/t12-/m1/s1. The molecule has 0 fully saturated rings. The molecule has 0 aliphatic heterocycles. The van der Waals surface area contributed by atoms with E-state index < -0.39 is 29.6 Å². The van der Waals surface area contributed by atoms with E-state index in [1.807, 2.05) is 0 Å². The van der Waals surface area contributed by atoms with Crippen LogP contribution in [0.2, 0.25) is 0 Å². The predicted molar refractivity (Wildman–Crippen MR) is 111 cm³/mol. The molecule has 0 radical (unpaired) electrons. The van der Waals surface area contributed by atoms with Gasteiger partial charge in [-0.25, -0.2) is 4.39 Å². The lowest BCUT2D eigenvalue weighted by Crippen LogP contribution is -2.48. The summed E-state index contributed by atoms with van der Waals surface area (Å²) in [6.07, 6.45) is 1.27. The van der Waals surface area contributed by atoms with Gasteiger partial charge in [0.2, 0.25) is 5.75 Å². The van der Waals surface area contributed by atoms with E-state index in [1.165, 1.54) is 70.7 Å². The number of ether oxygens (including phenoxy) is 3. The van der Waals surface area contributed by atoms with Crippen LogP contribution in [0, 0.1) is 5.82 Å². The first-order valence-corrected chi connectivity index (χ1v) is 9.30. The summed E-state index contributed by atoms with van der Waals surface area (Å²) < 4.78 is 28.9.